The van der Waals surface area contributed by atoms with E-state index in [2.05, 4.69) is 5.32 Å². The molecule has 112 valence electrons. The summed E-state index contributed by atoms with van der Waals surface area (Å²) in [6.07, 6.45) is -4.45. The van der Waals surface area contributed by atoms with Gasteiger partial charge in [0.05, 0.1) is 21.3 Å². The first kappa shape index (κ1) is 15.9. The van der Waals surface area contributed by atoms with Gasteiger partial charge in [0.25, 0.3) is 0 Å². The van der Waals surface area contributed by atoms with Crippen molar-refractivity contribution in [2.24, 2.45) is 0 Å². The van der Waals surface area contributed by atoms with Crippen LogP contribution in [-0.4, -0.2) is 0 Å². The molecule has 0 unspecified atom stereocenters. The molecule has 0 aliphatic heterocycles. The minimum atomic E-state index is -4.45. The highest BCUT2D eigenvalue weighted by atomic mass is 35.5. The Morgan fingerprint density at radius 1 is 1.05 bits per heavy atom. The minimum Gasteiger partial charge on any atom is -0.380 e. The Balaban J connectivity index is 2.16. The summed E-state index contributed by atoms with van der Waals surface area (Å²) in [7, 11) is 0. The number of alkyl halides is 3. The normalized spacial score (nSPS) is 11.5. The Labute approximate surface area is 128 Å². The Bertz CT molecular complexity index is 656. The van der Waals surface area contributed by atoms with Crippen molar-refractivity contribution in [3.05, 3.63) is 63.4 Å². The molecule has 7 heteroatoms. The first-order valence-corrected chi connectivity index (χ1v) is 6.58. The fraction of sp³-hybridized carbons (Fsp3) is 0.143. The molecule has 0 amide bonds. The van der Waals surface area contributed by atoms with Crippen molar-refractivity contribution in [2.75, 3.05) is 5.32 Å². The van der Waals surface area contributed by atoms with Crippen molar-refractivity contribution in [3.8, 4) is 0 Å². The third-order valence-electron chi connectivity index (χ3n) is 2.80. The van der Waals surface area contributed by atoms with Crippen molar-refractivity contribution in [1.29, 1.82) is 0 Å². The first-order chi connectivity index (χ1) is 9.79. The van der Waals surface area contributed by atoms with E-state index in [0.717, 1.165) is 12.1 Å². The maximum absolute atomic E-state index is 13.3. The van der Waals surface area contributed by atoms with Crippen molar-refractivity contribution in [1.82, 2.24) is 0 Å². The average Bonchev–Trinajstić information content (AvgIpc) is 2.40. The van der Waals surface area contributed by atoms with Gasteiger partial charge in [-0.2, -0.15) is 13.2 Å². The maximum Gasteiger partial charge on any atom is 0.416 e. The Hall–Kier alpha value is -1.46. The fourth-order valence-corrected chi connectivity index (χ4v) is 2.15. The topological polar surface area (TPSA) is 12.0 Å². The van der Waals surface area contributed by atoms with Gasteiger partial charge in [-0.1, -0.05) is 35.3 Å². The van der Waals surface area contributed by atoms with Gasteiger partial charge in [-0.05, 0) is 29.8 Å². The van der Waals surface area contributed by atoms with Crippen LogP contribution >= 0.6 is 23.2 Å². The number of halogens is 6. The average molecular weight is 338 g/mol. The SMILES string of the molecule is Fc1cccc(CNc2ccc(C(F)(F)F)cc2Cl)c1Cl. The van der Waals surface area contributed by atoms with Crippen molar-refractivity contribution < 1.29 is 17.6 Å². The predicted molar refractivity (Wildman–Crippen MR) is 75.2 cm³/mol. The Morgan fingerprint density at radius 3 is 2.38 bits per heavy atom. The van der Waals surface area contributed by atoms with Gasteiger partial charge in [-0.25, -0.2) is 4.39 Å². The van der Waals surface area contributed by atoms with Crippen LogP contribution in [0.1, 0.15) is 11.1 Å². The van der Waals surface area contributed by atoms with Crippen molar-refractivity contribution >= 4 is 28.9 Å². The predicted octanol–water partition coefficient (Wildman–Crippen LogP) is 5.76. The second kappa shape index (κ2) is 6.12. The van der Waals surface area contributed by atoms with Crippen LogP contribution in [0.3, 0.4) is 0 Å². The number of benzene rings is 2. The van der Waals surface area contributed by atoms with Gasteiger partial charge in [-0.15, -0.1) is 0 Å². The molecule has 0 saturated carbocycles. The molecule has 0 radical (unpaired) electrons. The summed E-state index contributed by atoms with van der Waals surface area (Å²) in [5, 5.41) is 2.72. The van der Waals surface area contributed by atoms with E-state index in [1.165, 1.54) is 18.2 Å². The van der Waals surface area contributed by atoms with E-state index >= 15 is 0 Å². The molecule has 1 nitrogen and oxygen atoms in total. The zero-order valence-electron chi connectivity index (χ0n) is 10.4. The molecule has 0 atom stereocenters. The summed E-state index contributed by atoms with van der Waals surface area (Å²) in [4.78, 5) is 0. The van der Waals surface area contributed by atoms with E-state index in [1.54, 1.807) is 6.07 Å². The zero-order valence-corrected chi connectivity index (χ0v) is 12.0. The van der Waals surface area contributed by atoms with Crippen LogP contribution in [-0.2, 0) is 12.7 Å². The van der Waals surface area contributed by atoms with Crippen molar-refractivity contribution in [3.63, 3.8) is 0 Å². The van der Waals surface area contributed by atoms with E-state index in [0.29, 0.717) is 11.3 Å². The van der Waals surface area contributed by atoms with E-state index in [-0.39, 0.29) is 16.6 Å². The van der Waals surface area contributed by atoms with Gasteiger partial charge in [0.2, 0.25) is 0 Å². The largest absolute Gasteiger partial charge is 0.416 e. The molecular weight excluding hydrogens is 329 g/mol. The monoisotopic (exact) mass is 337 g/mol. The number of hydrogen-bond donors (Lipinski definition) is 1. The van der Waals surface area contributed by atoms with E-state index < -0.39 is 17.6 Å². The lowest BCUT2D eigenvalue weighted by Crippen LogP contribution is -2.06. The number of hydrogen-bond acceptors (Lipinski definition) is 1. The zero-order chi connectivity index (χ0) is 15.6. The Kier molecular flexibility index (Phi) is 4.64. The van der Waals surface area contributed by atoms with Gasteiger partial charge in [0.1, 0.15) is 5.82 Å². The number of nitrogens with one attached hydrogen (secondary N) is 1. The fourth-order valence-electron chi connectivity index (χ4n) is 1.71. The molecule has 2 rings (SSSR count). The molecular formula is C14H9Cl2F4N. The molecule has 0 heterocycles. The van der Waals surface area contributed by atoms with Crippen LogP contribution in [0.15, 0.2) is 36.4 Å². The summed E-state index contributed by atoms with van der Waals surface area (Å²) in [5.74, 6) is -0.561. The van der Waals surface area contributed by atoms with Crippen LogP contribution in [0.4, 0.5) is 23.2 Å². The summed E-state index contributed by atoms with van der Waals surface area (Å²) in [6, 6.07) is 7.29. The smallest absolute Gasteiger partial charge is 0.380 e. The maximum atomic E-state index is 13.3. The second-order valence-corrected chi connectivity index (χ2v) is 5.04. The molecule has 0 aromatic heterocycles. The second-order valence-electron chi connectivity index (χ2n) is 4.26. The minimum absolute atomic E-state index is 0.0342. The van der Waals surface area contributed by atoms with Crippen LogP contribution in [0.25, 0.3) is 0 Å². The van der Waals surface area contributed by atoms with Crippen LogP contribution < -0.4 is 5.32 Å². The molecule has 21 heavy (non-hydrogen) atoms. The van der Waals surface area contributed by atoms with Crippen LogP contribution in [0.5, 0.6) is 0 Å². The summed E-state index contributed by atoms with van der Waals surface area (Å²) in [5.41, 5.74) is -0.0422. The molecule has 0 aliphatic rings. The molecule has 2 aromatic carbocycles. The van der Waals surface area contributed by atoms with Gasteiger partial charge < -0.3 is 5.32 Å². The molecule has 0 fully saturated rings. The lowest BCUT2D eigenvalue weighted by molar-refractivity contribution is -0.137. The van der Waals surface area contributed by atoms with E-state index in [1.807, 2.05) is 0 Å². The highest BCUT2D eigenvalue weighted by Gasteiger charge is 2.30. The summed E-state index contributed by atoms with van der Waals surface area (Å²) >= 11 is 11.6. The number of anilines is 1. The lowest BCUT2D eigenvalue weighted by atomic mass is 10.2. The van der Waals surface area contributed by atoms with Gasteiger partial charge >= 0.3 is 6.18 Å². The standard InChI is InChI=1S/C14H9Cl2F4N/c15-10-6-9(14(18,19)20)4-5-12(10)21-7-8-2-1-3-11(17)13(8)16/h1-6,21H,7H2. The van der Waals surface area contributed by atoms with Gasteiger partial charge in [-0.3, -0.25) is 0 Å². The number of rotatable bonds is 3. The third kappa shape index (κ3) is 3.80. The molecule has 0 saturated heterocycles. The molecule has 1 N–H and O–H groups in total. The molecule has 2 aromatic rings. The third-order valence-corrected chi connectivity index (χ3v) is 3.53. The molecule has 0 aliphatic carbocycles. The Morgan fingerprint density at radius 2 is 1.76 bits per heavy atom. The van der Waals surface area contributed by atoms with Crippen molar-refractivity contribution in [2.45, 2.75) is 12.7 Å². The summed E-state index contributed by atoms with van der Waals surface area (Å²) in [6.45, 7) is 0.141. The lowest BCUT2D eigenvalue weighted by Gasteiger charge is -2.12. The van der Waals surface area contributed by atoms with Gasteiger partial charge in [0.15, 0.2) is 0 Å². The van der Waals surface area contributed by atoms with Crippen LogP contribution in [0.2, 0.25) is 10.0 Å². The first-order valence-electron chi connectivity index (χ1n) is 5.82. The highest BCUT2D eigenvalue weighted by Crippen LogP contribution is 2.34. The quantitative estimate of drug-likeness (QED) is 0.701. The summed E-state index contributed by atoms with van der Waals surface area (Å²) < 4.78 is 50.8. The highest BCUT2D eigenvalue weighted by molar-refractivity contribution is 6.33. The van der Waals surface area contributed by atoms with Crippen LogP contribution in [0, 0.1) is 5.82 Å². The van der Waals surface area contributed by atoms with E-state index in [4.69, 9.17) is 23.2 Å². The van der Waals surface area contributed by atoms with E-state index in [9.17, 15) is 17.6 Å². The molecule has 0 bridgehead atoms. The molecule has 0 spiro atoms. The van der Waals surface area contributed by atoms with Gasteiger partial charge in [0, 0.05) is 6.54 Å².